The number of hydrogen-bond donors (Lipinski definition) is 1. The Labute approximate surface area is 126 Å². The van der Waals surface area contributed by atoms with Gasteiger partial charge in [-0.25, -0.2) is 0 Å². The van der Waals surface area contributed by atoms with E-state index >= 15 is 0 Å². The van der Waals surface area contributed by atoms with Crippen LogP contribution in [0.25, 0.3) is 0 Å². The van der Waals surface area contributed by atoms with Crippen molar-refractivity contribution in [3.63, 3.8) is 0 Å². The average molecular weight is 281 g/mol. The molecule has 2 aliphatic rings. The van der Waals surface area contributed by atoms with Gasteiger partial charge in [-0.2, -0.15) is 0 Å². The molecule has 118 valence electrons. The third-order valence-corrected chi connectivity index (χ3v) is 5.47. The van der Waals surface area contributed by atoms with Crippen LogP contribution in [0.5, 0.6) is 0 Å². The number of hydrogen-bond acceptors (Lipinski definition) is 2. The van der Waals surface area contributed by atoms with Gasteiger partial charge in [-0.3, -0.25) is 4.90 Å². The molecule has 0 radical (unpaired) electrons. The van der Waals surface area contributed by atoms with Crippen LogP contribution in [0.15, 0.2) is 0 Å². The summed E-state index contributed by atoms with van der Waals surface area (Å²) in [6.07, 6.45) is 4.17. The fraction of sp³-hybridized carbons (Fsp3) is 1.00. The highest BCUT2D eigenvalue weighted by atomic mass is 15.3. The average Bonchev–Trinajstić information content (AvgIpc) is 3.08. The van der Waals surface area contributed by atoms with Crippen LogP contribution in [0.2, 0.25) is 0 Å². The number of piperazine rings is 1. The van der Waals surface area contributed by atoms with Crippen LogP contribution in [0.1, 0.15) is 67.7 Å². The van der Waals surface area contributed by atoms with Gasteiger partial charge in [-0.15, -0.1) is 0 Å². The highest BCUT2D eigenvalue weighted by molar-refractivity contribution is 5.06. The molecule has 1 saturated heterocycles. The molecular formula is C18H36N2. The van der Waals surface area contributed by atoms with E-state index in [1.165, 1.54) is 38.9 Å². The summed E-state index contributed by atoms with van der Waals surface area (Å²) in [5, 5.41) is 3.86. The molecular weight excluding hydrogens is 244 g/mol. The van der Waals surface area contributed by atoms with Crippen molar-refractivity contribution >= 4 is 0 Å². The van der Waals surface area contributed by atoms with Crippen molar-refractivity contribution < 1.29 is 0 Å². The molecule has 20 heavy (non-hydrogen) atoms. The molecule has 0 aromatic rings. The summed E-state index contributed by atoms with van der Waals surface area (Å²) in [7, 11) is 0. The van der Waals surface area contributed by atoms with Crippen molar-refractivity contribution in [3.8, 4) is 0 Å². The second kappa shape index (κ2) is 5.28. The highest BCUT2D eigenvalue weighted by Gasteiger charge is 2.49. The first-order valence-electron chi connectivity index (χ1n) is 8.51. The van der Waals surface area contributed by atoms with Gasteiger partial charge in [0.15, 0.2) is 0 Å². The first-order chi connectivity index (χ1) is 9.02. The molecule has 1 aliphatic heterocycles. The zero-order valence-electron chi connectivity index (χ0n) is 14.8. The van der Waals surface area contributed by atoms with Crippen molar-refractivity contribution in [1.29, 1.82) is 0 Å². The van der Waals surface area contributed by atoms with Crippen molar-refractivity contribution in [2.75, 3.05) is 19.6 Å². The first kappa shape index (κ1) is 16.3. The van der Waals surface area contributed by atoms with E-state index in [0.717, 1.165) is 5.92 Å². The summed E-state index contributed by atoms with van der Waals surface area (Å²) >= 11 is 0. The Morgan fingerprint density at radius 1 is 1.10 bits per heavy atom. The number of rotatable bonds is 3. The van der Waals surface area contributed by atoms with Gasteiger partial charge in [-0.05, 0) is 49.5 Å². The molecule has 1 N–H and O–H groups in total. The molecule has 2 fully saturated rings. The van der Waals surface area contributed by atoms with E-state index < -0.39 is 0 Å². The third-order valence-electron chi connectivity index (χ3n) is 5.47. The summed E-state index contributed by atoms with van der Waals surface area (Å²) in [5.41, 5.74) is 1.18. The SMILES string of the molecule is CC(C)(C)CCN1CC(C(C)(C)C)NCC1(C)C1CC1. The summed E-state index contributed by atoms with van der Waals surface area (Å²) < 4.78 is 0. The minimum atomic E-state index is 0.352. The van der Waals surface area contributed by atoms with Gasteiger partial charge in [-0.1, -0.05) is 41.5 Å². The van der Waals surface area contributed by atoms with Crippen LogP contribution in [-0.2, 0) is 0 Å². The van der Waals surface area contributed by atoms with Crippen LogP contribution in [0, 0.1) is 16.7 Å². The summed E-state index contributed by atoms with van der Waals surface area (Å²) in [6.45, 7) is 20.3. The van der Waals surface area contributed by atoms with Gasteiger partial charge in [0.05, 0.1) is 0 Å². The molecule has 1 saturated carbocycles. The Morgan fingerprint density at radius 3 is 2.15 bits per heavy atom. The van der Waals surface area contributed by atoms with Crippen LogP contribution in [0.4, 0.5) is 0 Å². The largest absolute Gasteiger partial charge is 0.310 e. The van der Waals surface area contributed by atoms with Crippen molar-refractivity contribution in [2.24, 2.45) is 16.7 Å². The smallest absolute Gasteiger partial charge is 0.0334 e. The Balaban J connectivity index is 2.07. The topological polar surface area (TPSA) is 15.3 Å². The van der Waals surface area contributed by atoms with Crippen molar-refractivity contribution in [1.82, 2.24) is 10.2 Å². The fourth-order valence-electron chi connectivity index (χ4n) is 3.44. The predicted octanol–water partition coefficient (Wildman–Crippen LogP) is 3.91. The lowest BCUT2D eigenvalue weighted by atomic mass is 9.80. The Hall–Kier alpha value is -0.0800. The fourth-order valence-corrected chi connectivity index (χ4v) is 3.44. The summed E-state index contributed by atoms with van der Waals surface area (Å²) in [5.74, 6) is 0.927. The van der Waals surface area contributed by atoms with Gasteiger partial charge in [0.2, 0.25) is 0 Å². The monoisotopic (exact) mass is 280 g/mol. The second-order valence-corrected chi connectivity index (χ2v) is 9.69. The lowest BCUT2D eigenvalue weighted by molar-refractivity contribution is 0.00409. The van der Waals surface area contributed by atoms with Crippen molar-refractivity contribution in [2.45, 2.75) is 79.3 Å². The quantitative estimate of drug-likeness (QED) is 0.843. The van der Waals surface area contributed by atoms with E-state index in [-0.39, 0.29) is 0 Å². The van der Waals surface area contributed by atoms with Gasteiger partial charge in [0.25, 0.3) is 0 Å². The molecule has 2 nitrogen and oxygen atoms in total. The maximum absolute atomic E-state index is 3.86. The van der Waals surface area contributed by atoms with Crippen LogP contribution in [0.3, 0.4) is 0 Å². The summed E-state index contributed by atoms with van der Waals surface area (Å²) in [6, 6.07) is 0.620. The molecule has 2 atom stereocenters. The highest BCUT2D eigenvalue weighted by Crippen LogP contribution is 2.45. The zero-order chi connectivity index (χ0) is 15.2. The Morgan fingerprint density at radius 2 is 1.70 bits per heavy atom. The Kier molecular flexibility index (Phi) is 4.30. The lowest BCUT2D eigenvalue weighted by Gasteiger charge is -2.52. The normalized spacial score (nSPS) is 33.5. The predicted molar refractivity (Wildman–Crippen MR) is 88.0 cm³/mol. The molecule has 0 spiro atoms. The molecule has 0 bridgehead atoms. The van der Waals surface area contributed by atoms with Gasteiger partial charge < -0.3 is 5.32 Å². The molecule has 0 aromatic carbocycles. The summed E-state index contributed by atoms with van der Waals surface area (Å²) in [4.78, 5) is 2.82. The standard InChI is InChI=1S/C18H36N2/c1-16(2,3)10-11-20-12-15(17(4,5)6)19-13-18(20,7)14-8-9-14/h14-15,19H,8-13H2,1-7H3. The van der Waals surface area contributed by atoms with E-state index in [2.05, 4.69) is 58.7 Å². The van der Waals surface area contributed by atoms with E-state index in [9.17, 15) is 0 Å². The molecule has 0 aromatic heterocycles. The van der Waals surface area contributed by atoms with Gasteiger partial charge in [0.1, 0.15) is 0 Å². The van der Waals surface area contributed by atoms with Crippen LogP contribution in [-0.4, -0.2) is 36.1 Å². The third kappa shape index (κ3) is 3.76. The molecule has 2 rings (SSSR count). The van der Waals surface area contributed by atoms with Crippen molar-refractivity contribution in [3.05, 3.63) is 0 Å². The number of nitrogens with one attached hydrogen (secondary N) is 1. The Bertz CT molecular complexity index is 332. The molecule has 1 heterocycles. The first-order valence-corrected chi connectivity index (χ1v) is 8.51. The maximum atomic E-state index is 3.86. The van der Waals surface area contributed by atoms with Gasteiger partial charge in [0, 0.05) is 24.7 Å². The zero-order valence-corrected chi connectivity index (χ0v) is 14.8. The van der Waals surface area contributed by atoms with E-state index in [0.29, 0.717) is 22.4 Å². The molecule has 1 aliphatic carbocycles. The van der Waals surface area contributed by atoms with Crippen LogP contribution >= 0.6 is 0 Å². The van der Waals surface area contributed by atoms with E-state index in [4.69, 9.17) is 0 Å². The molecule has 2 unspecified atom stereocenters. The maximum Gasteiger partial charge on any atom is 0.0334 e. The minimum absolute atomic E-state index is 0.352. The van der Waals surface area contributed by atoms with E-state index in [1.54, 1.807) is 0 Å². The lowest BCUT2D eigenvalue weighted by Crippen LogP contribution is -2.67. The van der Waals surface area contributed by atoms with Gasteiger partial charge >= 0.3 is 0 Å². The molecule has 2 heteroatoms. The van der Waals surface area contributed by atoms with Crippen LogP contribution < -0.4 is 5.32 Å². The second-order valence-electron chi connectivity index (χ2n) is 9.69. The van der Waals surface area contributed by atoms with E-state index in [1.807, 2.05) is 0 Å². The number of nitrogens with zero attached hydrogens (tertiary/aromatic N) is 1. The molecule has 0 amide bonds. The minimum Gasteiger partial charge on any atom is -0.310 e.